The first-order chi connectivity index (χ1) is 9.34. The van der Waals surface area contributed by atoms with Crippen molar-refractivity contribution in [1.29, 1.82) is 0 Å². The molecule has 2 aromatic rings. The maximum Gasteiger partial charge on any atom is 0.331 e. The van der Waals surface area contributed by atoms with Crippen molar-refractivity contribution in [3.8, 4) is 11.1 Å². The summed E-state index contributed by atoms with van der Waals surface area (Å²) in [5.74, 6) is -1.03. The average molecular weight is 275 g/mol. The quantitative estimate of drug-likeness (QED) is 0.681. The summed E-state index contributed by atoms with van der Waals surface area (Å²) in [6.45, 7) is 3.01. The van der Waals surface area contributed by atoms with Crippen LogP contribution >= 0.6 is 0 Å². The molecule has 2 rings (SSSR count). The number of hydrogen-bond acceptors (Lipinski definition) is 4. The molecule has 0 atom stereocenters. The number of rotatable bonds is 4. The first-order valence-electron chi connectivity index (χ1n) is 5.86. The second kappa shape index (κ2) is 4.76. The summed E-state index contributed by atoms with van der Waals surface area (Å²) in [5.41, 5.74) is -0.348. The maximum atomic E-state index is 11.2. The van der Waals surface area contributed by atoms with Crippen molar-refractivity contribution in [3.05, 3.63) is 46.8 Å². The number of carbonyl (C=O) groups is 1. The van der Waals surface area contributed by atoms with E-state index in [9.17, 15) is 14.9 Å². The Morgan fingerprint density at radius 2 is 2.05 bits per heavy atom. The molecule has 1 aromatic carbocycles. The van der Waals surface area contributed by atoms with Crippen LogP contribution in [0.3, 0.4) is 0 Å². The van der Waals surface area contributed by atoms with Crippen molar-refractivity contribution in [2.45, 2.75) is 19.4 Å². The number of hydrogen-bond donors (Lipinski definition) is 1. The van der Waals surface area contributed by atoms with Crippen LogP contribution in [0.25, 0.3) is 11.1 Å². The monoisotopic (exact) mass is 275 g/mol. The second-order valence-corrected chi connectivity index (χ2v) is 4.81. The fraction of sp³-hybridized carbons (Fsp3) is 0.231. The molecule has 0 aliphatic heterocycles. The number of aliphatic carboxylic acids is 1. The molecule has 0 saturated heterocycles. The third-order valence-electron chi connectivity index (χ3n) is 3.09. The van der Waals surface area contributed by atoms with E-state index in [-0.39, 0.29) is 5.69 Å². The van der Waals surface area contributed by atoms with Crippen LogP contribution < -0.4 is 0 Å². The van der Waals surface area contributed by atoms with Gasteiger partial charge >= 0.3 is 5.97 Å². The van der Waals surface area contributed by atoms with Gasteiger partial charge in [-0.1, -0.05) is 12.1 Å². The molecule has 0 bridgehead atoms. The van der Waals surface area contributed by atoms with Crippen LogP contribution in [0.15, 0.2) is 36.7 Å². The number of benzene rings is 1. The number of carboxylic acids is 1. The zero-order valence-electron chi connectivity index (χ0n) is 11.0. The molecule has 20 heavy (non-hydrogen) atoms. The van der Waals surface area contributed by atoms with E-state index in [1.807, 2.05) is 0 Å². The van der Waals surface area contributed by atoms with E-state index in [0.29, 0.717) is 11.1 Å². The Morgan fingerprint density at radius 1 is 1.40 bits per heavy atom. The Balaban J connectivity index is 2.50. The van der Waals surface area contributed by atoms with Crippen LogP contribution in [0.4, 0.5) is 5.69 Å². The average Bonchev–Trinajstić information content (AvgIpc) is 2.88. The molecule has 0 aliphatic rings. The van der Waals surface area contributed by atoms with E-state index in [1.165, 1.54) is 37.0 Å². The van der Waals surface area contributed by atoms with E-state index >= 15 is 0 Å². The summed E-state index contributed by atoms with van der Waals surface area (Å²) >= 11 is 0. The van der Waals surface area contributed by atoms with Gasteiger partial charge in [0.05, 0.1) is 16.7 Å². The molecular formula is C13H13N3O4. The molecule has 1 aromatic heterocycles. The molecular weight excluding hydrogens is 262 g/mol. The normalized spacial score (nSPS) is 11.3. The summed E-state index contributed by atoms with van der Waals surface area (Å²) in [7, 11) is 0. The molecule has 0 radical (unpaired) electrons. The third kappa shape index (κ3) is 2.25. The van der Waals surface area contributed by atoms with Crippen LogP contribution in [0.2, 0.25) is 0 Å². The maximum absolute atomic E-state index is 11.2. The van der Waals surface area contributed by atoms with E-state index in [1.54, 1.807) is 18.2 Å². The van der Waals surface area contributed by atoms with Crippen molar-refractivity contribution < 1.29 is 14.8 Å². The lowest BCUT2D eigenvalue weighted by Crippen LogP contribution is -2.35. The van der Waals surface area contributed by atoms with E-state index in [0.717, 1.165) is 0 Å². The van der Waals surface area contributed by atoms with E-state index in [2.05, 4.69) is 5.10 Å². The Labute approximate surface area is 114 Å². The van der Waals surface area contributed by atoms with Gasteiger partial charge in [-0.2, -0.15) is 5.10 Å². The highest BCUT2D eigenvalue weighted by atomic mass is 16.6. The molecule has 7 nitrogen and oxygen atoms in total. The highest BCUT2D eigenvalue weighted by Crippen LogP contribution is 2.30. The SMILES string of the molecule is CC(C)(C(=O)O)n1cc(-c2ccccc2[N+](=O)[O-])cn1. The van der Waals surface area contributed by atoms with Gasteiger partial charge in [0.25, 0.3) is 5.69 Å². The molecule has 0 fully saturated rings. The van der Waals surface area contributed by atoms with Crippen molar-refractivity contribution in [2.75, 3.05) is 0 Å². The summed E-state index contributed by atoms with van der Waals surface area (Å²) in [6.07, 6.45) is 2.92. The van der Waals surface area contributed by atoms with Crippen molar-refractivity contribution in [3.63, 3.8) is 0 Å². The molecule has 0 saturated carbocycles. The van der Waals surface area contributed by atoms with Crippen molar-refractivity contribution in [2.24, 2.45) is 0 Å². The first kappa shape index (κ1) is 13.7. The molecule has 0 unspecified atom stereocenters. The Bertz CT molecular complexity index is 676. The largest absolute Gasteiger partial charge is 0.479 e. The van der Waals surface area contributed by atoms with Crippen LogP contribution in [-0.2, 0) is 10.3 Å². The molecule has 1 heterocycles. The minimum atomic E-state index is -1.22. The second-order valence-electron chi connectivity index (χ2n) is 4.81. The minimum absolute atomic E-state index is 0.0415. The molecule has 7 heteroatoms. The van der Waals surface area contributed by atoms with Gasteiger partial charge in [-0.25, -0.2) is 4.79 Å². The van der Waals surface area contributed by atoms with Gasteiger partial charge in [-0.05, 0) is 19.9 Å². The lowest BCUT2D eigenvalue weighted by Gasteiger charge is -2.19. The van der Waals surface area contributed by atoms with Gasteiger partial charge in [0.1, 0.15) is 0 Å². The molecule has 104 valence electrons. The van der Waals surface area contributed by atoms with Gasteiger partial charge < -0.3 is 5.11 Å². The lowest BCUT2D eigenvalue weighted by molar-refractivity contribution is -0.384. The van der Waals surface area contributed by atoms with E-state index in [4.69, 9.17) is 5.11 Å². The zero-order valence-corrected chi connectivity index (χ0v) is 11.0. The number of nitro benzene ring substituents is 1. The third-order valence-corrected chi connectivity index (χ3v) is 3.09. The van der Waals surface area contributed by atoms with Gasteiger partial charge in [-0.15, -0.1) is 0 Å². The Kier molecular flexibility index (Phi) is 3.27. The fourth-order valence-corrected chi connectivity index (χ4v) is 1.74. The number of para-hydroxylation sites is 1. The van der Waals surface area contributed by atoms with Crippen LogP contribution in [0.1, 0.15) is 13.8 Å². The highest BCUT2D eigenvalue weighted by Gasteiger charge is 2.30. The summed E-state index contributed by atoms with van der Waals surface area (Å²) in [6, 6.07) is 6.26. The zero-order chi connectivity index (χ0) is 14.9. The number of nitro groups is 1. The predicted octanol–water partition coefficient (Wildman–Crippen LogP) is 2.28. The minimum Gasteiger partial charge on any atom is -0.479 e. The van der Waals surface area contributed by atoms with Gasteiger partial charge in [0, 0.05) is 17.8 Å². The number of carboxylic acid groups (broad SMARTS) is 1. The van der Waals surface area contributed by atoms with Gasteiger partial charge in [0.2, 0.25) is 0 Å². The van der Waals surface area contributed by atoms with E-state index < -0.39 is 16.4 Å². The standard InChI is InChI=1S/C13H13N3O4/c1-13(2,12(17)18)15-8-9(7-14-15)10-5-3-4-6-11(10)16(19)20/h3-8H,1-2H3,(H,17,18). The van der Waals surface area contributed by atoms with Crippen LogP contribution in [-0.4, -0.2) is 25.8 Å². The van der Waals surface area contributed by atoms with Crippen LogP contribution in [0.5, 0.6) is 0 Å². The lowest BCUT2D eigenvalue weighted by atomic mass is 10.1. The topological polar surface area (TPSA) is 98.3 Å². The fourth-order valence-electron chi connectivity index (χ4n) is 1.74. The summed E-state index contributed by atoms with van der Waals surface area (Å²) in [4.78, 5) is 21.7. The molecule has 0 amide bonds. The summed E-state index contributed by atoms with van der Waals surface area (Å²) < 4.78 is 1.28. The molecule has 0 aliphatic carbocycles. The number of aromatic nitrogens is 2. The van der Waals surface area contributed by atoms with Gasteiger partial charge in [0.15, 0.2) is 5.54 Å². The molecule has 1 N–H and O–H groups in total. The summed E-state index contributed by atoms with van der Waals surface area (Å²) in [5, 5.41) is 24.1. The Hall–Kier alpha value is -2.70. The van der Waals surface area contributed by atoms with Crippen molar-refractivity contribution in [1.82, 2.24) is 9.78 Å². The smallest absolute Gasteiger partial charge is 0.331 e. The highest BCUT2D eigenvalue weighted by molar-refractivity contribution is 5.76. The van der Waals surface area contributed by atoms with Crippen molar-refractivity contribution >= 4 is 11.7 Å². The Morgan fingerprint density at radius 3 is 2.65 bits per heavy atom. The predicted molar refractivity (Wildman–Crippen MR) is 71.3 cm³/mol. The van der Waals surface area contributed by atoms with Gasteiger partial charge in [-0.3, -0.25) is 14.8 Å². The number of nitrogens with zero attached hydrogens (tertiary/aromatic N) is 3. The first-order valence-corrected chi connectivity index (χ1v) is 5.86. The molecule has 0 spiro atoms. The van der Waals surface area contributed by atoms with Crippen LogP contribution in [0, 0.1) is 10.1 Å².